The van der Waals surface area contributed by atoms with E-state index >= 15 is 0 Å². The minimum Gasteiger partial charge on any atom is -0.354 e. The number of carbonyl (C=O) groups excluding carboxylic acids is 3. The fraction of sp³-hybridized carbons (Fsp3) is 0.316. The van der Waals surface area contributed by atoms with Crippen LogP contribution in [0.2, 0.25) is 0 Å². The zero-order valence-electron chi connectivity index (χ0n) is 15.2. The van der Waals surface area contributed by atoms with Crippen LogP contribution in [0.3, 0.4) is 0 Å². The van der Waals surface area contributed by atoms with Crippen LogP contribution in [-0.2, 0) is 11.2 Å². The Hall–Kier alpha value is -2.41. The van der Waals surface area contributed by atoms with Gasteiger partial charge in [0.05, 0.1) is 6.54 Å². The molecule has 2 rings (SSSR count). The summed E-state index contributed by atoms with van der Waals surface area (Å²) in [5, 5.41) is 5.37. The number of aromatic amines is 1. The number of rotatable bonds is 6. The molecule has 0 saturated carbocycles. The van der Waals surface area contributed by atoms with Crippen LogP contribution < -0.4 is 10.6 Å². The standard InChI is InChI=1S/C19H22BrN3O3/c1-5-14-17(12(4)24)11(3)22-18(14)19(26)21-9-16(25)23-15-7-6-13(20)8-10(15)2/h6-8,22H,5,9H2,1-4H3,(H,21,26)(H,23,25). The second-order valence-electron chi connectivity index (χ2n) is 6.08. The number of Topliss-reactive ketones (excluding diaryl/α,β-unsaturated/α-hetero) is 1. The molecule has 6 nitrogen and oxygen atoms in total. The zero-order valence-corrected chi connectivity index (χ0v) is 16.8. The molecule has 0 bridgehead atoms. The topological polar surface area (TPSA) is 91.1 Å². The van der Waals surface area contributed by atoms with Crippen molar-refractivity contribution in [3.05, 3.63) is 50.8 Å². The van der Waals surface area contributed by atoms with E-state index in [1.165, 1.54) is 6.92 Å². The number of benzene rings is 1. The van der Waals surface area contributed by atoms with Gasteiger partial charge in [0.2, 0.25) is 5.91 Å². The van der Waals surface area contributed by atoms with Crippen LogP contribution >= 0.6 is 15.9 Å². The van der Waals surface area contributed by atoms with E-state index in [1.54, 1.807) is 13.0 Å². The summed E-state index contributed by atoms with van der Waals surface area (Å²) in [6.07, 6.45) is 0.548. The average Bonchev–Trinajstić information content (AvgIpc) is 2.92. The number of carbonyl (C=O) groups is 3. The van der Waals surface area contributed by atoms with E-state index in [4.69, 9.17) is 0 Å². The van der Waals surface area contributed by atoms with Gasteiger partial charge in [0, 0.05) is 21.4 Å². The van der Waals surface area contributed by atoms with Crippen molar-refractivity contribution in [2.45, 2.75) is 34.1 Å². The number of anilines is 1. The highest BCUT2D eigenvalue weighted by Gasteiger charge is 2.21. The molecule has 0 aliphatic heterocycles. The van der Waals surface area contributed by atoms with Gasteiger partial charge in [0.25, 0.3) is 5.91 Å². The molecule has 0 atom stereocenters. The van der Waals surface area contributed by atoms with Crippen LogP contribution in [0.4, 0.5) is 5.69 Å². The third-order valence-corrected chi connectivity index (χ3v) is 4.59. The van der Waals surface area contributed by atoms with Crippen molar-refractivity contribution in [2.24, 2.45) is 0 Å². The van der Waals surface area contributed by atoms with Crippen LogP contribution in [0.15, 0.2) is 22.7 Å². The quantitative estimate of drug-likeness (QED) is 0.625. The number of nitrogens with one attached hydrogen (secondary N) is 3. The number of H-pyrrole nitrogens is 1. The lowest BCUT2D eigenvalue weighted by Gasteiger charge is -2.10. The first-order valence-corrected chi connectivity index (χ1v) is 9.10. The number of hydrogen-bond acceptors (Lipinski definition) is 3. The van der Waals surface area contributed by atoms with Crippen LogP contribution in [0.5, 0.6) is 0 Å². The van der Waals surface area contributed by atoms with Gasteiger partial charge >= 0.3 is 0 Å². The zero-order chi connectivity index (χ0) is 19.4. The van der Waals surface area contributed by atoms with Crippen LogP contribution in [0.1, 0.15) is 51.5 Å². The van der Waals surface area contributed by atoms with E-state index < -0.39 is 5.91 Å². The summed E-state index contributed by atoms with van der Waals surface area (Å²) < 4.78 is 0.928. The molecule has 0 spiro atoms. The number of halogens is 1. The second kappa shape index (κ2) is 8.31. The number of ketones is 1. The summed E-state index contributed by atoms with van der Waals surface area (Å²) in [4.78, 5) is 39.3. The Kier molecular flexibility index (Phi) is 6.37. The van der Waals surface area contributed by atoms with Crippen molar-refractivity contribution in [1.82, 2.24) is 10.3 Å². The van der Waals surface area contributed by atoms with Crippen molar-refractivity contribution >= 4 is 39.2 Å². The van der Waals surface area contributed by atoms with Crippen molar-refractivity contribution in [3.63, 3.8) is 0 Å². The smallest absolute Gasteiger partial charge is 0.268 e. The van der Waals surface area contributed by atoms with Gasteiger partial charge < -0.3 is 15.6 Å². The van der Waals surface area contributed by atoms with Gasteiger partial charge in [-0.15, -0.1) is 0 Å². The van der Waals surface area contributed by atoms with Crippen molar-refractivity contribution in [3.8, 4) is 0 Å². The van der Waals surface area contributed by atoms with Crippen LogP contribution in [-0.4, -0.2) is 29.1 Å². The van der Waals surface area contributed by atoms with E-state index in [0.29, 0.717) is 34.6 Å². The fourth-order valence-corrected chi connectivity index (χ4v) is 3.39. The van der Waals surface area contributed by atoms with Crippen molar-refractivity contribution in [1.29, 1.82) is 0 Å². The third-order valence-electron chi connectivity index (χ3n) is 4.10. The Morgan fingerprint density at radius 1 is 1.19 bits per heavy atom. The summed E-state index contributed by atoms with van der Waals surface area (Å²) in [7, 11) is 0. The Balaban J connectivity index is 2.05. The highest BCUT2D eigenvalue weighted by atomic mass is 79.9. The molecule has 1 aromatic carbocycles. The van der Waals surface area contributed by atoms with Crippen molar-refractivity contribution < 1.29 is 14.4 Å². The van der Waals surface area contributed by atoms with E-state index in [0.717, 1.165) is 10.0 Å². The van der Waals surface area contributed by atoms with Gasteiger partial charge in [0.15, 0.2) is 5.78 Å². The molecule has 26 heavy (non-hydrogen) atoms. The summed E-state index contributed by atoms with van der Waals surface area (Å²) in [6.45, 7) is 6.85. The van der Waals surface area contributed by atoms with E-state index in [-0.39, 0.29) is 18.2 Å². The molecule has 0 aliphatic carbocycles. The molecule has 2 aromatic rings. The maximum atomic E-state index is 12.4. The SMILES string of the molecule is CCc1c(C(=O)NCC(=O)Nc2ccc(Br)cc2C)[nH]c(C)c1C(C)=O. The molecular weight excluding hydrogens is 398 g/mol. The highest BCUT2D eigenvalue weighted by Crippen LogP contribution is 2.21. The normalized spacial score (nSPS) is 10.5. The molecule has 0 unspecified atom stereocenters. The fourth-order valence-electron chi connectivity index (χ4n) is 2.91. The first-order chi connectivity index (χ1) is 12.2. The Bertz CT molecular complexity index is 871. The summed E-state index contributed by atoms with van der Waals surface area (Å²) in [5.41, 5.74) is 3.83. The first-order valence-electron chi connectivity index (χ1n) is 8.31. The maximum Gasteiger partial charge on any atom is 0.268 e. The van der Waals surface area contributed by atoms with E-state index in [2.05, 4.69) is 31.5 Å². The number of aromatic nitrogens is 1. The van der Waals surface area contributed by atoms with Crippen LogP contribution in [0.25, 0.3) is 0 Å². The van der Waals surface area contributed by atoms with Gasteiger partial charge in [-0.25, -0.2) is 0 Å². The Morgan fingerprint density at radius 2 is 1.88 bits per heavy atom. The lowest BCUT2D eigenvalue weighted by Crippen LogP contribution is -2.33. The van der Waals surface area contributed by atoms with Gasteiger partial charge in [-0.3, -0.25) is 14.4 Å². The third kappa shape index (κ3) is 4.40. The monoisotopic (exact) mass is 419 g/mol. The average molecular weight is 420 g/mol. The molecule has 0 fully saturated rings. The number of aryl methyl sites for hydroxylation is 2. The predicted octanol–water partition coefficient (Wildman–Crippen LogP) is 3.53. The molecule has 1 heterocycles. The highest BCUT2D eigenvalue weighted by molar-refractivity contribution is 9.10. The lowest BCUT2D eigenvalue weighted by molar-refractivity contribution is -0.115. The largest absolute Gasteiger partial charge is 0.354 e. The molecule has 2 amide bonds. The molecule has 138 valence electrons. The number of amides is 2. The lowest BCUT2D eigenvalue weighted by atomic mass is 10.0. The molecule has 7 heteroatoms. The minimum absolute atomic E-state index is 0.0851. The van der Waals surface area contributed by atoms with Gasteiger partial charge in [-0.1, -0.05) is 22.9 Å². The van der Waals surface area contributed by atoms with Gasteiger partial charge in [-0.05, 0) is 56.5 Å². The Labute approximate surface area is 160 Å². The minimum atomic E-state index is -0.403. The summed E-state index contributed by atoms with van der Waals surface area (Å²) >= 11 is 3.37. The molecule has 0 saturated heterocycles. The van der Waals surface area contributed by atoms with Crippen molar-refractivity contribution in [2.75, 3.05) is 11.9 Å². The predicted molar refractivity (Wildman–Crippen MR) is 105 cm³/mol. The number of hydrogen-bond donors (Lipinski definition) is 3. The van der Waals surface area contributed by atoms with Crippen LogP contribution in [0, 0.1) is 13.8 Å². The molecule has 0 radical (unpaired) electrons. The maximum absolute atomic E-state index is 12.4. The molecule has 3 N–H and O–H groups in total. The van der Waals surface area contributed by atoms with E-state index in [9.17, 15) is 14.4 Å². The summed E-state index contributed by atoms with van der Waals surface area (Å²) in [5.74, 6) is -0.810. The molecular formula is C19H22BrN3O3. The summed E-state index contributed by atoms with van der Waals surface area (Å²) in [6, 6.07) is 5.52. The Morgan fingerprint density at radius 3 is 2.46 bits per heavy atom. The van der Waals surface area contributed by atoms with Gasteiger partial charge in [0.1, 0.15) is 5.69 Å². The molecule has 0 aliphatic rings. The van der Waals surface area contributed by atoms with Gasteiger partial charge in [-0.2, -0.15) is 0 Å². The molecule has 1 aromatic heterocycles. The van der Waals surface area contributed by atoms with E-state index in [1.807, 2.05) is 26.0 Å². The second-order valence-corrected chi connectivity index (χ2v) is 6.99. The first kappa shape index (κ1) is 19.9.